The molecule has 0 saturated carbocycles. The van der Waals surface area contributed by atoms with Crippen LogP contribution in [-0.2, 0) is 4.74 Å². The van der Waals surface area contributed by atoms with E-state index in [1.165, 1.54) is 11.3 Å². The van der Waals surface area contributed by atoms with Gasteiger partial charge >= 0.3 is 0 Å². The van der Waals surface area contributed by atoms with Crippen molar-refractivity contribution < 1.29 is 9.53 Å². The van der Waals surface area contributed by atoms with E-state index < -0.39 is 0 Å². The summed E-state index contributed by atoms with van der Waals surface area (Å²) in [5.41, 5.74) is 2.45. The average Bonchev–Trinajstić information content (AvgIpc) is 3.04. The summed E-state index contributed by atoms with van der Waals surface area (Å²) < 4.78 is 5.06. The fourth-order valence-electron chi connectivity index (χ4n) is 2.22. The third kappa shape index (κ3) is 9.12. The van der Waals surface area contributed by atoms with Gasteiger partial charge in [0.25, 0.3) is 5.91 Å². The van der Waals surface area contributed by atoms with Crippen molar-refractivity contribution in [3.63, 3.8) is 0 Å². The molecule has 8 nitrogen and oxygen atoms in total. The van der Waals surface area contributed by atoms with Crippen molar-refractivity contribution in [3.05, 3.63) is 16.1 Å². The van der Waals surface area contributed by atoms with Crippen LogP contribution in [-0.4, -0.2) is 81.8 Å². The predicted molar refractivity (Wildman–Crippen MR) is 107 cm³/mol. The normalized spacial score (nSPS) is 11.7. The molecule has 148 valence electrons. The first kappa shape index (κ1) is 22.3. The van der Waals surface area contributed by atoms with Gasteiger partial charge in [0.05, 0.1) is 17.7 Å². The maximum atomic E-state index is 12.0. The summed E-state index contributed by atoms with van der Waals surface area (Å²) >= 11 is 1.36. The number of likely N-dealkylation sites (N-methyl/N-ethyl adjacent to an activating group) is 1. The highest BCUT2D eigenvalue weighted by molar-refractivity contribution is 7.11. The van der Waals surface area contributed by atoms with Crippen molar-refractivity contribution in [2.45, 2.75) is 20.3 Å². The molecule has 0 aliphatic carbocycles. The van der Waals surface area contributed by atoms with E-state index in [4.69, 9.17) is 4.74 Å². The molecule has 1 heterocycles. The van der Waals surface area contributed by atoms with Crippen LogP contribution >= 0.6 is 11.3 Å². The molecule has 3 N–H and O–H groups in total. The third-order valence-electron chi connectivity index (χ3n) is 3.64. The van der Waals surface area contributed by atoms with Crippen molar-refractivity contribution in [2.75, 3.05) is 60.0 Å². The van der Waals surface area contributed by atoms with Crippen LogP contribution < -0.4 is 16.0 Å². The second-order valence-corrected chi connectivity index (χ2v) is 6.71. The Hall–Kier alpha value is -1.71. The average molecular weight is 385 g/mol. The first-order chi connectivity index (χ1) is 12.6. The number of nitrogens with zero attached hydrogens (tertiary/aromatic N) is 3. The highest BCUT2D eigenvalue weighted by Gasteiger charge is 2.10. The number of hydrogen-bond donors (Lipinski definition) is 3. The highest BCUT2D eigenvalue weighted by atomic mass is 32.1. The number of methoxy groups -OCH3 is 1. The Morgan fingerprint density at radius 3 is 2.73 bits per heavy atom. The van der Waals surface area contributed by atoms with E-state index in [9.17, 15) is 4.79 Å². The molecular weight excluding hydrogens is 352 g/mol. The fourth-order valence-corrected chi connectivity index (χ4v) is 2.94. The number of thiazole rings is 1. The number of guanidine groups is 1. The Kier molecular flexibility index (Phi) is 11.6. The number of hydrogen-bond acceptors (Lipinski definition) is 6. The molecule has 1 aromatic heterocycles. The van der Waals surface area contributed by atoms with E-state index in [-0.39, 0.29) is 5.91 Å². The quantitative estimate of drug-likeness (QED) is 0.279. The molecule has 9 heteroatoms. The van der Waals surface area contributed by atoms with Crippen LogP contribution in [0.2, 0.25) is 0 Å². The maximum Gasteiger partial charge on any atom is 0.263 e. The zero-order chi connectivity index (χ0) is 19.2. The number of carbonyl (C=O) groups excluding carboxylic acids is 1. The molecular formula is C17H32N6O2S. The van der Waals surface area contributed by atoms with Gasteiger partial charge in [-0.05, 0) is 27.3 Å². The first-order valence-electron chi connectivity index (χ1n) is 8.96. The first-order valence-corrected chi connectivity index (χ1v) is 9.84. The largest absolute Gasteiger partial charge is 0.385 e. The number of nitrogens with one attached hydrogen (secondary N) is 3. The zero-order valence-corrected chi connectivity index (χ0v) is 17.1. The van der Waals surface area contributed by atoms with E-state index >= 15 is 0 Å². The summed E-state index contributed by atoms with van der Waals surface area (Å²) in [5, 5.41) is 9.34. The van der Waals surface area contributed by atoms with Crippen molar-refractivity contribution in [2.24, 2.45) is 4.99 Å². The standard InChI is InChI=1S/C17H32N6O2S/c1-5-18-17(21-9-11-23(3)10-6-12-25-4)20-8-7-19-16(24)15-14(2)22-13-26-15/h13H,5-12H2,1-4H3,(H,19,24)(H2,18,20,21). The van der Waals surface area contributed by atoms with Crippen molar-refractivity contribution in [1.29, 1.82) is 0 Å². The number of rotatable bonds is 12. The van der Waals surface area contributed by atoms with Crippen LogP contribution in [0.4, 0.5) is 0 Å². The summed E-state index contributed by atoms with van der Waals surface area (Å²) in [7, 11) is 3.81. The zero-order valence-electron chi connectivity index (χ0n) is 16.3. The lowest BCUT2D eigenvalue weighted by Crippen LogP contribution is -2.42. The molecule has 26 heavy (non-hydrogen) atoms. The van der Waals surface area contributed by atoms with Crippen molar-refractivity contribution in [1.82, 2.24) is 25.8 Å². The van der Waals surface area contributed by atoms with Gasteiger partial charge in [-0.15, -0.1) is 11.3 Å². The molecule has 0 aromatic carbocycles. The Morgan fingerprint density at radius 2 is 2.08 bits per heavy atom. The topological polar surface area (TPSA) is 90.9 Å². The minimum absolute atomic E-state index is 0.0774. The molecule has 0 radical (unpaired) electrons. The summed E-state index contributed by atoms with van der Waals surface area (Å²) in [4.78, 5) is 23.6. The Morgan fingerprint density at radius 1 is 1.31 bits per heavy atom. The van der Waals surface area contributed by atoms with E-state index in [0.717, 1.165) is 44.3 Å². The van der Waals surface area contributed by atoms with Gasteiger partial charge in [-0.25, -0.2) is 4.98 Å². The number of ether oxygens (including phenoxy) is 1. The Balaban J connectivity index is 2.27. The summed E-state index contributed by atoms with van der Waals surface area (Å²) in [5.74, 6) is 0.687. The Bertz CT molecular complexity index is 549. The molecule has 1 aromatic rings. The van der Waals surface area contributed by atoms with E-state index in [1.54, 1.807) is 12.6 Å². The Labute approximate surface area is 160 Å². The molecule has 0 unspecified atom stereocenters. The van der Waals surface area contributed by atoms with Crippen LogP contribution in [0, 0.1) is 6.92 Å². The SMILES string of the molecule is CCNC(=NCCN(C)CCCOC)NCCNC(=O)c1scnc1C. The second-order valence-electron chi connectivity index (χ2n) is 5.86. The van der Waals surface area contributed by atoms with Crippen molar-refractivity contribution >= 4 is 23.2 Å². The van der Waals surface area contributed by atoms with Gasteiger partial charge in [-0.3, -0.25) is 9.79 Å². The monoisotopic (exact) mass is 384 g/mol. The van der Waals surface area contributed by atoms with Gasteiger partial charge in [0.2, 0.25) is 0 Å². The molecule has 0 atom stereocenters. The third-order valence-corrected chi connectivity index (χ3v) is 4.57. The van der Waals surface area contributed by atoms with Gasteiger partial charge in [-0.2, -0.15) is 0 Å². The molecule has 0 spiro atoms. The van der Waals surface area contributed by atoms with Gasteiger partial charge in [0.1, 0.15) is 4.88 Å². The van der Waals surface area contributed by atoms with Gasteiger partial charge in [0.15, 0.2) is 5.96 Å². The van der Waals surface area contributed by atoms with Crippen LogP contribution in [0.15, 0.2) is 10.5 Å². The van der Waals surface area contributed by atoms with Gasteiger partial charge in [-0.1, -0.05) is 0 Å². The number of aliphatic imine (C=N–C) groups is 1. The lowest BCUT2D eigenvalue weighted by Gasteiger charge is -2.16. The summed E-state index contributed by atoms with van der Waals surface area (Å²) in [6, 6.07) is 0. The second kappa shape index (κ2) is 13.5. The van der Waals surface area contributed by atoms with Gasteiger partial charge < -0.3 is 25.6 Å². The molecule has 0 aliphatic heterocycles. The summed E-state index contributed by atoms with van der Waals surface area (Å²) in [6.45, 7) is 9.18. The lowest BCUT2D eigenvalue weighted by atomic mass is 10.4. The van der Waals surface area contributed by atoms with E-state index in [2.05, 4.69) is 37.9 Å². The lowest BCUT2D eigenvalue weighted by molar-refractivity contribution is 0.0957. The molecule has 1 amide bonds. The van der Waals surface area contributed by atoms with E-state index in [1.807, 2.05) is 13.8 Å². The number of aromatic nitrogens is 1. The number of carbonyl (C=O) groups is 1. The van der Waals surface area contributed by atoms with Crippen LogP contribution in [0.3, 0.4) is 0 Å². The predicted octanol–water partition coefficient (Wildman–Crippen LogP) is 0.705. The maximum absolute atomic E-state index is 12.0. The number of amides is 1. The van der Waals surface area contributed by atoms with E-state index in [0.29, 0.717) is 24.5 Å². The molecule has 0 saturated heterocycles. The van der Waals surface area contributed by atoms with Crippen LogP contribution in [0.5, 0.6) is 0 Å². The molecule has 0 fully saturated rings. The van der Waals surface area contributed by atoms with Crippen LogP contribution in [0.1, 0.15) is 28.7 Å². The minimum atomic E-state index is -0.0774. The minimum Gasteiger partial charge on any atom is -0.385 e. The smallest absolute Gasteiger partial charge is 0.263 e. The molecule has 1 rings (SSSR count). The fraction of sp³-hybridized carbons (Fsp3) is 0.706. The highest BCUT2D eigenvalue weighted by Crippen LogP contribution is 2.10. The van der Waals surface area contributed by atoms with Gasteiger partial charge in [0, 0.05) is 46.4 Å². The van der Waals surface area contributed by atoms with Crippen LogP contribution in [0.25, 0.3) is 0 Å². The molecule has 0 bridgehead atoms. The number of aryl methyl sites for hydroxylation is 1. The van der Waals surface area contributed by atoms with Crippen molar-refractivity contribution in [3.8, 4) is 0 Å². The molecule has 0 aliphatic rings. The summed E-state index contributed by atoms with van der Waals surface area (Å²) in [6.07, 6.45) is 1.02.